The third kappa shape index (κ3) is 7.26. The highest BCUT2D eigenvalue weighted by atomic mass is 35.5. The van der Waals surface area contributed by atoms with Gasteiger partial charge in [0, 0.05) is 28.0 Å². The van der Waals surface area contributed by atoms with Crippen molar-refractivity contribution < 1.29 is 14.7 Å². The van der Waals surface area contributed by atoms with Crippen LogP contribution in [0.2, 0.25) is 10.0 Å². The summed E-state index contributed by atoms with van der Waals surface area (Å²) in [5.41, 5.74) is 1.51. The molecule has 7 nitrogen and oxygen atoms in total. The topological polar surface area (TPSA) is 97.1 Å². The quantitative estimate of drug-likeness (QED) is 0.248. The summed E-state index contributed by atoms with van der Waals surface area (Å²) in [7, 11) is 0. The number of aromatic carboxylic acids is 1. The van der Waals surface area contributed by atoms with Crippen LogP contribution in [0.25, 0.3) is 0 Å². The average molecular weight is 523 g/mol. The van der Waals surface area contributed by atoms with E-state index in [1.807, 2.05) is 10.6 Å². The predicted octanol–water partition coefficient (Wildman–Crippen LogP) is 5.63. The Bertz CT molecular complexity index is 1170. The van der Waals surface area contributed by atoms with Crippen LogP contribution < -0.4 is 5.32 Å². The number of amides is 1. The van der Waals surface area contributed by atoms with Gasteiger partial charge in [-0.05, 0) is 35.9 Å². The molecule has 2 N–H and O–H groups in total. The van der Waals surface area contributed by atoms with Gasteiger partial charge in [-0.3, -0.25) is 4.79 Å². The monoisotopic (exact) mass is 522 g/mol. The Morgan fingerprint density at radius 2 is 1.97 bits per heavy atom. The molecule has 11 heteroatoms. The molecule has 0 aliphatic heterocycles. The van der Waals surface area contributed by atoms with E-state index in [4.69, 9.17) is 28.3 Å². The molecule has 0 radical (unpaired) electrons. The summed E-state index contributed by atoms with van der Waals surface area (Å²) in [4.78, 5) is 23.4. The first-order valence-corrected chi connectivity index (χ1v) is 12.6. The van der Waals surface area contributed by atoms with Gasteiger partial charge in [0.2, 0.25) is 5.91 Å². The van der Waals surface area contributed by atoms with Crippen molar-refractivity contribution in [3.8, 4) is 0 Å². The van der Waals surface area contributed by atoms with E-state index in [0.29, 0.717) is 38.9 Å². The molecule has 3 rings (SSSR count). The summed E-state index contributed by atoms with van der Waals surface area (Å²) >= 11 is 15.1. The number of benzene rings is 2. The van der Waals surface area contributed by atoms with Crippen molar-refractivity contribution in [1.82, 2.24) is 14.8 Å². The molecule has 0 atom stereocenters. The predicted molar refractivity (Wildman–Crippen MR) is 134 cm³/mol. The number of allylic oxidation sites excluding steroid dienone is 1. The van der Waals surface area contributed by atoms with Crippen molar-refractivity contribution in [1.29, 1.82) is 0 Å². The van der Waals surface area contributed by atoms with Gasteiger partial charge in [-0.2, -0.15) is 0 Å². The van der Waals surface area contributed by atoms with Crippen LogP contribution in [-0.4, -0.2) is 37.5 Å². The lowest BCUT2D eigenvalue weighted by atomic mass is 10.2. The van der Waals surface area contributed by atoms with E-state index < -0.39 is 5.97 Å². The van der Waals surface area contributed by atoms with E-state index in [-0.39, 0.29) is 17.2 Å². The third-order valence-electron chi connectivity index (χ3n) is 4.33. The Kier molecular flexibility index (Phi) is 9.25. The molecule has 1 amide bonds. The minimum atomic E-state index is -1.05. The lowest BCUT2D eigenvalue weighted by Gasteiger charge is -2.09. The van der Waals surface area contributed by atoms with Crippen LogP contribution in [0.4, 0.5) is 5.69 Å². The van der Waals surface area contributed by atoms with Gasteiger partial charge in [-0.15, -0.1) is 28.5 Å². The third-order valence-corrected chi connectivity index (χ3v) is 6.87. The maximum Gasteiger partial charge on any atom is 0.335 e. The molecule has 0 bridgehead atoms. The van der Waals surface area contributed by atoms with E-state index in [1.54, 1.807) is 42.1 Å². The van der Waals surface area contributed by atoms with Crippen LogP contribution in [-0.2, 0) is 22.8 Å². The minimum Gasteiger partial charge on any atom is -0.478 e. The second kappa shape index (κ2) is 12.1. The van der Waals surface area contributed by atoms with Crippen molar-refractivity contribution in [3.05, 3.63) is 82.1 Å². The average Bonchev–Trinajstić information content (AvgIpc) is 3.16. The van der Waals surface area contributed by atoms with E-state index in [2.05, 4.69) is 22.1 Å². The van der Waals surface area contributed by atoms with Gasteiger partial charge in [0.25, 0.3) is 0 Å². The molecule has 0 aliphatic carbocycles. The second-order valence-electron chi connectivity index (χ2n) is 6.75. The number of nitrogens with zero attached hydrogens (tertiary/aromatic N) is 3. The smallest absolute Gasteiger partial charge is 0.335 e. The van der Waals surface area contributed by atoms with Crippen molar-refractivity contribution in [2.24, 2.45) is 0 Å². The second-order valence-corrected chi connectivity index (χ2v) is 9.52. The summed E-state index contributed by atoms with van der Waals surface area (Å²) in [5, 5.41) is 22.1. The molecular formula is C22H20Cl2N4O3S2. The van der Waals surface area contributed by atoms with Crippen LogP contribution in [0.1, 0.15) is 21.7 Å². The number of halogens is 2. The van der Waals surface area contributed by atoms with E-state index in [9.17, 15) is 9.59 Å². The molecule has 1 aromatic heterocycles. The zero-order valence-corrected chi connectivity index (χ0v) is 20.5. The van der Waals surface area contributed by atoms with Crippen LogP contribution in [0.3, 0.4) is 0 Å². The highest BCUT2D eigenvalue weighted by Crippen LogP contribution is 2.27. The Balaban J connectivity index is 1.58. The molecule has 3 aromatic rings. The van der Waals surface area contributed by atoms with E-state index in [1.165, 1.54) is 23.9 Å². The zero-order valence-electron chi connectivity index (χ0n) is 17.3. The van der Waals surface area contributed by atoms with E-state index >= 15 is 0 Å². The molecule has 172 valence electrons. The number of nitrogens with one attached hydrogen (secondary N) is 1. The fourth-order valence-corrected chi connectivity index (χ4v) is 5.08. The van der Waals surface area contributed by atoms with Crippen molar-refractivity contribution in [3.63, 3.8) is 0 Å². The van der Waals surface area contributed by atoms with Gasteiger partial charge >= 0.3 is 5.97 Å². The number of thioether (sulfide) groups is 2. The molecule has 0 fully saturated rings. The number of carbonyl (C=O) groups is 2. The largest absolute Gasteiger partial charge is 0.478 e. The van der Waals surface area contributed by atoms with Crippen molar-refractivity contribution in [2.75, 3.05) is 11.1 Å². The van der Waals surface area contributed by atoms with E-state index in [0.717, 1.165) is 11.4 Å². The van der Waals surface area contributed by atoms with Crippen molar-refractivity contribution in [2.45, 2.75) is 23.2 Å². The minimum absolute atomic E-state index is 0.0973. The molecule has 0 aliphatic rings. The summed E-state index contributed by atoms with van der Waals surface area (Å²) in [6, 6.07) is 11.5. The number of carbonyl (C=O) groups excluding carboxylic acids is 1. The molecule has 2 aromatic carbocycles. The maximum absolute atomic E-state index is 12.3. The first kappa shape index (κ1) is 25.2. The van der Waals surface area contributed by atoms with Crippen LogP contribution in [0.5, 0.6) is 0 Å². The molecular weight excluding hydrogens is 503 g/mol. The molecule has 0 unspecified atom stereocenters. The number of hydrogen-bond donors (Lipinski definition) is 2. The van der Waals surface area contributed by atoms with Gasteiger partial charge in [-0.25, -0.2) is 4.79 Å². The maximum atomic E-state index is 12.3. The summed E-state index contributed by atoms with van der Waals surface area (Å²) < 4.78 is 1.91. The van der Waals surface area contributed by atoms with Gasteiger partial charge in [0.05, 0.1) is 17.1 Å². The van der Waals surface area contributed by atoms with Gasteiger partial charge in [-0.1, -0.05) is 53.2 Å². The molecule has 0 saturated heterocycles. The summed E-state index contributed by atoms with van der Waals surface area (Å²) in [6.07, 6.45) is 1.75. The normalized spacial score (nSPS) is 10.7. The van der Waals surface area contributed by atoms with Gasteiger partial charge in [0.1, 0.15) is 5.82 Å². The first-order valence-electron chi connectivity index (χ1n) is 9.68. The number of carboxylic acid groups (broad SMARTS) is 1. The van der Waals surface area contributed by atoms with Gasteiger partial charge in [0.15, 0.2) is 5.16 Å². The van der Waals surface area contributed by atoms with Crippen LogP contribution in [0.15, 0.2) is 60.3 Å². The Hall–Kier alpha value is -2.46. The molecule has 33 heavy (non-hydrogen) atoms. The Morgan fingerprint density at radius 1 is 1.15 bits per heavy atom. The fraction of sp³-hybridized carbons (Fsp3) is 0.182. The number of rotatable bonds is 11. The van der Waals surface area contributed by atoms with Crippen LogP contribution in [0, 0.1) is 0 Å². The van der Waals surface area contributed by atoms with Crippen LogP contribution >= 0.6 is 46.7 Å². The standard InChI is InChI=1S/C22H20Cl2N4O3S2/c1-2-8-28-19(12-32-11-15-6-7-16(23)10-18(15)24)26-27-22(28)33-13-20(29)25-17-5-3-4-14(9-17)21(30)31/h2-7,9-10H,1,8,11-13H2,(H,25,29)(H,30,31). The highest BCUT2D eigenvalue weighted by Gasteiger charge is 2.14. The number of hydrogen-bond acceptors (Lipinski definition) is 6. The summed E-state index contributed by atoms with van der Waals surface area (Å²) in [6.45, 7) is 4.30. The fourth-order valence-electron chi connectivity index (χ4n) is 2.79. The highest BCUT2D eigenvalue weighted by molar-refractivity contribution is 7.99. The molecule has 0 spiro atoms. The first-order chi connectivity index (χ1) is 15.9. The number of carboxylic acids is 1. The zero-order chi connectivity index (χ0) is 23.8. The number of aromatic nitrogens is 3. The number of anilines is 1. The molecule has 0 saturated carbocycles. The molecule has 1 heterocycles. The SMILES string of the molecule is C=CCn1c(CSCc2ccc(Cl)cc2Cl)nnc1SCC(=O)Nc1cccc(C(=O)O)c1. The summed E-state index contributed by atoms with van der Waals surface area (Å²) in [5.74, 6) is 0.832. The van der Waals surface area contributed by atoms with Gasteiger partial charge < -0.3 is 15.0 Å². The van der Waals surface area contributed by atoms with Crippen molar-refractivity contribution >= 4 is 64.3 Å². The Labute approximate surface area is 209 Å². The lowest BCUT2D eigenvalue weighted by Crippen LogP contribution is -2.15. The Morgan fingerprint density at radius 3 is 2.70 bits per heavy atom. The lowest BCUT2D eigenvalue weighted by molar-refractivity contribution is -0.113.